The number of esters is 2. The highest BCUT2D eigenvalue weighted by Crippen LogP contribution is 2.43. The predicted molar refractivity (Wildman–Crippen MR) is 280 cm³/mol. The number of rotatable bonds is 52. The van der Waals surface area contributed by atoms with E-state index in [1.165, 1.54) is 205 Å². The summed E-state index contributed by atoms with van der Waals surface area (Å²) in [5.74, 6) is -0.786. The van der Waals surface area contributed by atoms with Crippen molar-refractivity contribution in [2.24, 2.45) is 0 Å². The van der Waals surface area contributed by atoms with E-state index in [1.807, 2.05) is 21.1 Å². The van der Waals surface area contributed by atoms with Gasteiger partial charge in [0.25, 0.3) is 0 Å². The maximum atomic E-state index is 12.8. The molecule has 0 bridgehead atoms. The van der Waals surface area contributed by atoms with E-state index < -0.39 is 26.5 Å². The molecule has 0 saturated carbocycles. The Kier molecular flexibility index (Phi) is 47.4. The second-order valence-corrected chi connectivity index (χ2v) is 21.8. The Labute approximate surface area is 409 Å². The van der Waals surface area contributed by atoms with Gasteiger partial charge in [-0.2, -0.15) is 0 Å². The minimum absolute atomic E-state index is 0.0336. The standard InChI is InChI=1S/C56H108NO8P/c1-6-8-10-12-14-16-18-20-22-24-26-28-30-32-34-36-38-40-42-44-46-48-55(58)62-52-54(53-64-66(60,61)63-51-50-57(3,4)5)65-56(59)49-47-45-43-41-39-37-35-33-31-29-27-25-23-21-19-17-15-13-11-9-7-2/h20-23,54H,6-19,24-53H2,1-5H3/p+1/t54-/m1/s1. The third-order valence-electron chi connectivity index (χ3n) is 12.5. The molecule has 0 aromatic heterocycles. The molecule has 0 rings (SSSR count). The number of allylic oxidation sites excluding steroid dienone is 4. The Bertz CT molecular complexity index is 1170. The van der Waals surface area contributed by atoms with Crippen molar-refractivity contribution in [3.63, 3.8) is 0 Å². The molecule has 0 heterocycles. The van der Waals surface area contributed by atoms with Crippen LogP contribution in [0.2, 0.25) is 0 Å². The summed E-state index contributed by atoms with van der Waals surface area (Å²) in [6.45, 7) is 4.47. The van der Waals surface area contributed by atoms with Crippen molar-refractivity contribution in [2.75, 3.05) is 47.5 Å². The molecule has 0 aliphatic heterocycles. The quantitative estimate of drug-likeness (QED) is 0.0211. The lowest BCUT2D eigenvalue weighted by Gasteiger charge is -2.24. The van der Waals surface area contributed by atoms with Gasteiger partial charge in [-0.1, -0.05) is 218 Å². The Morgan fingerprint density at radius 1 is 0.455 bits per heavy atom. The average Bonchev–Trinajstić information content (AvgIpc) is 3.27. The molecule has 9 nitrogen and oxygen atoms in total. The van der Waals surface area contributed by atoms with Gasteiger partial charge in [-0.05, 0) is 64.2 Å². The van der Waals surface area contributed by atoms with Gasteiger partial charge in [0.05, 0.1) is 27.7 Å². The first-order valence-corrected chi connectivity index (χ1v) is 29.6. The maximum Gasteiger partial charge on any atom is 0.472 e. The highest BCUT2D eigenvalue weighted by Gasteiger charge is 2.27. The number of unbranched alkanes of at least 4 members (excludes halogenated alkanes) is 34. The third kappa shape index (κ3) is 51.9. The predicted octanol–water partition coefficient (Wildman–Crippen LogP) is 17.0. The number of nitrogens with zero attached hydrogens (tertiary/aromatic N) is 1. The fourth-order valence-electron chi connectivity index (χ4n) is 8.07. The number of hydrogen-bond donors (Lipinski definition) is 1. The normalized spacial score (nSPS) is 13.5. The summed E-state index contributed by atoms with van der Waals surface area (Å²) in [6.07, 6.45) is 56.6. The fourth-order valence-corrected chi connectivity index (χ4v) is 8.81. The molecule has 1 unspecified atom stereocenters. The van der Waals surface area contributed by atoms with E-state index in [2.05, 4.69) is 38.2 Å². The summed E-state index contributed by atoms with van der Waals surface area (Å²) in [4.78, 5) is 35.6. The van der Waals surface area contributed by atoms with Crippen molar-refractivity contribution in [3.05, 3.63) is 24.3 Å². The van der Waals surface area contributed by atoms with Crippen molar-refractivity contribution in [3.8, 4) is 0 Å². The van der Waals surface area contributed by atoms with Crippen LogP contribution in [-0.2, 0) is 32.7 Å². The Balaban J connectivity index is 4.17. The first-order chi connectivity index (χ1) is 32.0. The van der Waals surface area contributed by atoms with Gasteiger partial charge in [0.1, 0.15) is 19.8 Å². The summed E-state index contributed by atoms with van der Waals surface area (Å²) in [5.41, 5.74) is 0. The lowest BCUT2D eigenvalue weighted by molar-refractivity contribution is -0.870. The molecule has 0 radical (unpaired) electrons. The second kappa shape index (κ2) is 48.5. The number of phosphoric ester groups is 1. The van der Waals surface area contributed by atoms with Gasteiger partial charge in [0.2, 0.25) is 0 Å². The van der Waals surface area contributed by atoms with Crippen molar-refractivity contribution in [1.82, 2.24) is 0 Å². The van der Waals surface area contributed by atoms with Gasteiger partial charge < -0.3 is 18.9 Å². The summed E-state index contributed by atoms with van der Waals surface area (Å²) >= 11 is 0. The smallest absolute Gasteiger partial charge is 0.462 e. The molecule has 0 fully saturated rings. The zero-order chi connectivity index (χ0) is 48.5. The van der Waals surface area contributed by atoms with E-state index in [1.54, 1.807) is 0 Å². The van der Waals surface area contributed by atoms with Gasteiger partial charge in [0.15, 0.2) is 6.10 Å². The molecule has 390 valence electrons. The van der Waals surface area contributed by atoms with Gasteiger partial charge in [-0.25, -0.2) is 4.57 Å². The number of hydrogen-bond acceptors (Lipinski definition) is 7. The van der Waals surface area contributed by atoms with Crippen LogP contribution < -0.4 is 0 Å². The first-order valence-electron chi connectivity index (χ1n) is 28.1. The first kappa shape index (κ1) is 64.5. The van der Waals surface area contributed by atoms with Crippen LogP contribution in [0.25, 0.3) is 0 Å². The minimum atomic E-state index is -4.38. The van der Waals surface area contributed by atoms with Crippen LogP contribution in [-0.4, -0.2) is 74.9 Å². The summed E-state index contributed by atoms with van der Waals surface area (Å²) in [5, 5.41) is 0. The Morgan fingerprint density at radius 3 is 1.12 bits per heavy atom. The summed E-state index contributed by atoms with van der Waals surface area (Å²) in [6, 6.07) is 0. The number of quaternary nitrogens is 1. The second-order valence-electron chi connectivity index (χ2n) is 20.3. The number of carbonyl (C=O) groups is 2. The largest absolute Gasteiger partial charge is 0.472 e. The van der Waals surface area contributed by atoms with Crippen LogP contribution in [0.15, 0.2) is 24.3 Å². The molecule has 0 aliphatic rings. The van der Waals surface area contributed by atoms with Crippen LogP contribution in [0.1, 0.15) is 271 Å². The van der Waals surface area contributed by atoms with Gasteiger partial charge in [-0.3, -0.25) is 18.6 Å². The van der Waals surface area contributed by atoms with E-state index in [9.17, 15) is 19.0 Å². The van der Waals surface area contributed by atoms with Crippen LogP contribution in [0.5, 0.6) is 0 Å². The molecule has 0 aromatic carbocycles. The van der Waals surface area contributed by atoms with Crippen LogP contribution in [0, 0.1) is 0 Å². The zero-order valence-electron chi connectivity index (χ0n) is 44.2. The van der Waals surface area contributed by atoms with E-state index in [-0.39, 0.29) is 25.6 Å². The average molecular weight is 955 g/mol. The molecular weight excluding hydrogens is 846 g/mol. The molecule has 0 aromatic rings. The van der Waals surface area contributed by atoms with Crippen LogP contribution >= 0.6 is 7.82 Å². The van der Waals surface area contributed by atoms with E-state index in [0.717, 1.165) is 32.1 Å². The lowest BCUT2D eigenvalue weighted by atomic mass is 10.0. The van der Waals surface area contributed by atoms with Crippen molar-refractivity contribution >= 4 is 19.8 Å². The molecule has 2 atom stereocenters. The van der Waals surface area contributed by atoms with Crippen LogP contribution in [0.3, 0.4) is 0 Å². The number of phosphoric acid groups is 1. The van der Waals surface area contributed by atoms with E-state index in [0.29, 0.717) is 23.9 Å². The molecule has 0 amide bonds. The lowest BCUT2D eigenvalue weighted by Crippen LogP contribution is -2.37. The molecule has 10 heteroatoms. The van der Waals surface area contributed by atoms with Crippen molar-refractivity contribution < 1.29 is 42.1 Å². The topological polar surface area (TPSA) is 108 Å². The van der Waals surface area contributed by atoms with E-state index in [4.69, 9.17) is 18.5 Å². The Hall–Kier alpha value is -1.51. The minimum Gasteiger partial charge on any atom is -0.462 e. The third-order valence-corrected chi connectivity index (χ3v) is 13.4. The molecule has 66 heavy (non-hydrogen) atoms. The number of carbonyl (C=O) groups excluding carboxylic acids is 2. The van der Waals surface area contributed by atoms with Gasteiger partial charge in [0, 0.05) is 12.8 Å². The molecule has 0 saturated heterocycles. The highest BCUT2D eigenvalue weighted by molar-refractivity contribution is 7.47. The molecule has 0 aliphatic carbocycles. The monoisotopic (exact) mass is 955 g/mol. The summed E-state index contributed by atoms with van der Waals surface area (Å²) < 4.78 is 34.6. The Morgan fingerprint density at radius 2 is 0.773 bits per heavy atom. The molecule has 1 N–H and O–H groups in total. The highest BCUT2D eigenvalue weighted by atomic mass is 31.2. The summed E-state index contributed by atoms with van der Waals surface area (Å²) in [7, 11) is 1.49. The van der Waals surface area contributed by atoms with Crippen molar-refractivity contribution in [2.45, 2.75) is 277 Å². The van der Waals surface area contributed by atoms with Gasteiger partial charge in [-0.15, -0.1) is 0 Å². The number of likely N-dealkylation sites (N-methyl/N-ethyl adjacent to an activating group) is 1. The SMILES string of the molecule is CCCCCCCCC=CCCCCCCCCCCCCCC(=O)OC[C@H](COP(=O)(O)OCC[N+](C)(C)C)OC(=O)CCCCCCCCCCCCCC=CCCCCCCCC. The molecule has 0 spiro atoms. The fraction of sp³-hybridized carbons (Fsp3) is 0.893. The molecular formula is C56H109NO8P+. The van der Waals surface area contributed by atoms with Crippen molar-refractivity contribution in [1.29, 1.82) is 0 Å². The maximum absolute atomic E-state index is 12.8. The van der Waals surface area contributed by atoms with Crippen LogP contribution in [0.4, 0.5) is 0 Å². The zero-order valence-corrected chi connectivity index (χ0v) is 45.1. The van der Waals surface area contributed by atoms with E-state index >= 15 is 0 Å². The number of ether oxygens (including phenoxy) is 2. The van der Waals surface area contributed by atoms with Gasteiger partial charge >= 0.3 is 19.8 Å².